The van der Waals surface area contributed by atoms with Crippen LogP contribution in [0.1, 0.15) is 68.4 Å². The van der Waals surface area contributed by atoms with Crippen LogP contribution in [0, 0.1) is 25.7 Å². The molecule has 122 valence electrons. The van der Waals surface area contributed by atoms with E-state index in [1.165, 1.54) is 34.2 Å². The lowest BCUT2D eigenvalue weighted by atomic mass is 9.89. The number of hydrogen-bond acceptors (Lipinski definition) is 1. The van der Waals surface area contributed by atoms with Gasteiger partial charge in [-0.05, 0) is 80.5 Å². The van der Waals surface area contributed by atoms with Crippen molar-refractivity contribution in [3.63, 3.8) is 0 Å². The van der Waals surface area contributed by atoms with E-state index in [-0.39, 0.29) is 6.10 Å². The van der Waals surface area contributed by atoms with Crippen LogP contribution in [-0.4, -0.2) is 6.10 Å². The van der Waals surface area contributed by atoms with Gasteiger partial charge < -0.3 is 4.74 Å². The van der Waals surface area contributed by atoms with Gasteiger partial charge >= 0.3 is 0 Å². The highest BCUT2D eigenvalue weighted by Gasteiger charge is 2.34. The smallest absolute Gasteiger partial charge is 0.120 e. The Morgan fingerprint density at radius 3 is 2.32 bits per heavy atom. The molecule has 0 aliphatic heterocycles. The summed E-state index contributed by atoms with van der Waals surface area (Å²) in [5.74, 6) is 2.61. The molecule has 0 saturated heterocycles. The third-order valence-corrected chi connectivity index (χ3v) is 5.21. The molecule has 1 saturated carbocycles. The Kier molecular flexibility index (Phi) is 5.36. The highest BCUT2D eigenvalue weighted by molar-refractivity contribution is 5.67. The molecule has 1 aromatic rings. The van der Waals surface area contributed by atoms with Gasteiger partial charge in [-0.1, -0.05) is 33.4 Å². The van der Waals surface area contributed by atoms with E-state index >= 15 is 0 Å². The van der Waals surface area contributed by atoms with Gasteiger partial charge in [-0.15, -0.1) is 0 Å². The fourth-order valence-corrected chi connectivity index (χ4v) is 3.89. The van der Waals surface area contributed by atoms with Crippen LogP contribution in [0.25, 0.3) is 5.76 Å². The standard InChI is InChI=1S/C21H32O/c1-8-19-14(4)10-15(5)21(20(19)9-2)17(7)22-16(6)12-18-11-13(18)3/h10,13,16,18H,7-9,11-12H2,1-6H3. The molecule has 1 nitrogen and oxygen atoms in total. The van der Waals surface area contributed by atoms with Crippen molar-refractivity contribution in [1.82, 2.24) is 0 Å². The molecule has 0 amide bonds. The molecule has 0 N–H and O–H groups in total. The largest absolute Gasteiger partial charge is 0.491 e. The molecule has 1 fully saturated rings. The van der Waals surface area contributed by atoms with E-state index in [0.717, 1.165) is 36.9 Å². The van der Waals surface area contributed by atoms with E-state index < -0.39 is 0 Å². The maximum atomic E-state index is 6.20. The van der Waals surface area contributed by atoms with Gasteiger partial charge in [0.15, 0.2) is 0 Å². The predicted octanol–water partition coefficient (Wildman–Crippen LogP) is 5.85. The van der Waals surface area contributed by atoms with Crippen LogP contribution < -0.4 is 0 Å². The summed E-state index contributed by atoms with van der Waals surface area (Å²) in [4.78, 5) is 0. The third kappa shape index (κ3) is 3.56. The zero-order valence-electron chi connectivity index (χ0n) is 15.3. The van der Waals surface area contributed by atoms with Crippen LogP contribution in [0.3, 0.4) is 0 Å². The molecule has 22 heavy (non-hydrogen) atoms. The first-order valence-electron chi connectivity index (χ1n) is 8.86. The summed E-state index contributed by atoms with van der Waals surface area (Å²) in [6.07, 6.45) is 4.90. The van der Waals surface area contributed by atoms with Crippen molar-refractivity contribution in [2.24, 2.45) is 11.8 Å². The van der Waals surface area contributed by atoms with Crippen molar-refractivity contribution in [3.8, 4) is 0 Å². The van der Waals surface area contributed by atoms with Gasteiger partial charge in [0.2, 0.25) is 0 Å². The van der Waals surface area contributed by atoms with Gasteiger partial charge in [-0.2, -0.15) is 0 Å². The summed E-state index contributed by atoms with van der Waals surface area (Å²) in [5, 5.41) is 0. The number of rotatable bonds is 7. The Labute approximate surface area is 136 Å². The normalized spacial score (nSPS) is 21.5. The SMILES string of the molecule is C=C(OC(C)CC1CC1C)c1c(C)cc(C)c(CC)c1CC. The van der Waals surface area contributed by atoms with Crippen molar-refractivity contribution in [2.75, 3.05) is 0 Å². The quantitative estimate of drug-likeness (QED) is 0.574. The average molecular weight is 300 g/mol. The summed E-state index contributed by atoms with van der Waals surface area (Å²) in [6.45, 7) is 17.7. The van der Waals surface area contributed by atoms with Crippen molar-refractivity contribution < 1.29 is 4.74 Å². The molecule has 0 bridgehead atoms. The summed E-state index contributed by atoms with van der Waals surface area (Å²) in [6, 6.07) is 2.29. The molecule has 3 atom stereocenters. The number of hydrogen-bond donors (Lipinski definition) is 0. The monoisotopic (exact) mass is 300 g/mol. The summed E-state index contributed by atoms with van der Waals surface area (Å²) >= 11 is 0. The van der Waals surface area contributed by atoms with Gasteiger partial charge in [0.1, 0.15) is 5.76 Å². The molecule has 1 aromatic carbocycles. The number of benzene rings is 1. The highest BCUT2D eigenvalue weighted by atomic mass is 16.5. The van der Waals surface area contributed by atoms with Crippen LogP contribution in [0.4, 0.5) is 0 Å². The second-order valence-electron chi connectivity index (χ2n) is 7.11. The third-order valence-electron chi connectivity index (χ3n) is 5.21. The fourth-order valence-electron chi connectivity index (χ4n) is 3.89. The minimum absolute atomic E-state index is 0.262. The van der Waals surface area contributed by atoms with Gasteiger partial charge in [0.05, 0.1) is 6.10 Å². The van der Waals surface area contributed by atoms with E-state index in [0.29, 0.717) is 0 Å². The highest BCUT2D eigenvalue weighted by Crippen LogP contribution is 2.42. The molecular weight excluding hydrogens is 268 g/mol. The minimum atomic E-state index is 0.262. The molecule has 0 heterocycles. The molecule has 1 aliphatic rings. The van der Waals surface area contributed by atoms with Gasteiger partial charge in [-0.3, -0.25) is 0 Å². The topological polar surface area (TPSA) is 9.23 Å². The zero-order chi connectivity index (χ0) is 16.4. The van der Waals surface area contributed by atoms with Gasteiger partial charge in [0, 0.05) is 5.56 Å². The maximum Gasteiger partial charge on any atom is 0.120 e. The van der Waals surface area contributed by atoms with Crippen LogP contribution in [0.2, 0.25) is 0 Å². The lowest BCUT2D eigenvalue weighted by Crippen LogP contribution is -2.11. The van der Waals surface area contributed by atoms with E-state index in [1.54, 1.807) is 0 Å². The molecule has 3 unspecified atom stereocenters. The Morgan fingerprint density at radius 2 is 1.82 bits per heavy atom. The van der Waals surface area contributed by atoms with Crippen LogP contribution in [0.15, 0.2) is 12.6 Å². The molecule has 1 heteroatoms. The van der Waals surface area contributed by atoms with Gasteiger partial charge in [0.25, 0.3) is 0 Å². The van der Waals surface area contributed by atoms with Crippen molar-refractivity contribution in [1.29, 1.82) is 0 Å². The molecule has 0 radical (unpaired) electrons. The first-order valence-corrected chi connectivity index (χ1v) is 8.86. The Balaban J connectivity index is 2.21. The summed E-state index contributed by atoms with van der Waals surface area (Å²) < 4.78 is 6.20. The van der Waals surface area contributed by atoms with E-state index in [2.05, 4.69) is 54.2 Å². The maximum absolute atomic E-state index is 6.20. The summed E-state index contributed by atoms with van der Waals surface area (Å²) in [7, 11) is 0. The molecule has 0 aromatic heterocycles. The molecule has 0 spiro atoms. The average Bonchev–Trinajstić information content (AvgIpc) is 3.12. The molecular formula is C21H32O. The first-order chi connectivity index (χ1) is 10.4. The van der Waals surface area contributed by atoms with E-state index in [4.69, 9.17) is 4.74 Å². The fraction of sp³-hybridized carbons (Fsp3) is 0.619. The molecule has 1 aliphatic carbocycles. The van der Waals surface area contributed by atoms with Crippen LogP contribution in [-0.2, 0) is 17.6 Å². The Hall–Kier alpha value is -1.24. The lowest BCUT2D eigenvalue weighted by Gasteiger charge is -2.23. The van der Waals surface area contributed by atoms with Crippen molar-refractivity contribution in [2.45, 2.75) is 73.3 Å². The van der Waals surface area contributed by atoms with E-state index in [9.17, 15) is 0 Å². The minimum Gasteiger partial charge on any atom is -0.491 e. The van der Waals surface area contributed by atoms with Gasteiger partial charge in [-0.25, -0.2) is 0 Å². The molecule has 2 rings (SSSR count). The lowest BCUT2D eigenvalue weighted by molar-refractivity contribution is 0.167. The van der Waals surface area contributed by atoms with Crippen LogP contribution in [0.5, 0.6) is 0 Å². The van der Waals surface area contributed by atoms with Crippen LogP contribution >= 0.6 is 0 Å². The number of ether oxygens (including phenoxy) is 1. The van der Waals surface area contributed by atoms with Crippen molar-refractivity contribution in [3.05, 3.63) is 40.5 Å². The zero-order valence-corrected chi connectivity index (χ0v) is 15.3. The Bertz CT molecular complexity index is 556. The number of aryl methyl sites for hydroxylation is 2. The first kappa shape index (κ1) is 17.1. The summed E-state index contributed by atoms with van der Waals surface area (Å²) in [5.41, 5.74) is 6.84. The second-order valence-corrected chi connectivity index (χ2v) is 7.11. The Morgan fingerprint density at radius 1 is 1.23 bits per heavy atom. The second kappa shape index (κ2) is 6.89. The van der Waals surface area contributed by atoms with Crippen molar-refractivity contribution >= 4 is 5.76 Å². The van der Waals surface area contributed by atoms with E-state index in [1.807, 2.05) is 0 Å². The predicted molar refractivity (Wildman–Crippen MR) is 96.1 cm³/mol.